The molecule has 1 aliphatic carbocycles. The Morgan fingerprint density at radius 2 is 2.27 bits per heavy atom. The average molecular weight is 154 g/mol. The highest BCUT2D eigenvalue weighted by Gasteiger charge is 2.23. The molecule has 0 amide bonds. The summed E-state index contributed by atoms with van der Waals surface area (Å²) >= 11 is 0. The molecule has 0 aromatic heterocycles. The number of aliphatic hydroxyl groups excluding tert-OH is 1. The Morgan fingerprint density at radius 3 is 2.64 bits per heavy atom. The highest BCUT2D eigenvalue weighted by atomic mass is 16.3. The molecule has 1 N–H and O–H groups in total. The fraction of sp³-hybridized carbons (Fsp3) is 0.875. The SMILES string of the molecule is N#CN(CCCO)C1CCC1. The zero-order valence-corrected chi connectivity index (χ0v) is 6.66. The van der Waals surface area contributed by atoms with Crippen LogP contribution in [0.5, 0.6) is 0 Å². The molecule has 0 aromatic carbocycles. The number of nitrogens with zero attached hydrogens (tertiary/aromatic N) is 2. The van der Waals surface area contributed by atoms with Crippen molar-refractivity contribution in [2.75, 3.05) is 13.2 Å². The Balaban J connectivity index is 2.20. The van der Waals surface area contributed by atoms with Crippen molar-refractivity contribution >= 4 is 0 Å². The Bertz CT molecular complexity index is 149. The molecule has 3 nitrogen and oxygen atoms in total. The highest BCUT2D eigenvalue weighted by Crippen LogP contribution is 2.23. The summed E-state index contributed by atoms with van der Waals surface area (Å²) in [6, 6.07) is 0.478. The monoisotopic (exact) mass is 154 g/mol. The van der Waals surface area contributed by atoms with Crippen LogP contribution in [-0.4, -0.2) is 29.2 Å². The summed E-state index contributed by atoms with van der Waals surface area (Å²) < 4.78 is 0. The van der Waals surface area contributed by atoms with E-state index < -0.39 is 0 Å². The van der Waals surface area contributed by atoms with E-state index in [1.165, 1.54) is 6.42 Å². The number of hydrogen-bond donors (Lipinski definition) is 1. The van der Waals surface area contributed by atoms with E-state index in [1.54, 1.807) is 4.90 Å². The van der Waals surface area contributed by atoms with Gasteiger partial charge < -0.3 is 10.0 Å². The van der Waals surface area contributed by atoms with Crippen LogP contribution in [0.2, 0.25) is 0 Å². The molecule has 0 unspecified atom stereocenters. The van der Waals surface area contributed by atoms with Crippen LogP contribution in [-0.2, 0) is 0 Å². The predicted molar refractivity (Wildman–Crippen MR) is 41.7 cm³/mol. The quantitative estimate of drug-likeness (QED) is 0.479. The molecule has 0 saturated heterocycles. The van der Waals surface area contributed by atoms with Crippen molar-refractivity contribution in [3.8, 4) is 6.19 Å². The molecule has 0 aliphatic heterocycles. The molecular weight excluding hydrogens is 140 g/mol. The standard InChI is InChI=1S/C8H14N2O/c9-7-10(5-2-6-11)8-3-1-4-8/h8,11H,1-6H2. The third kappa shape index (κ3) is 2.09. The van der Waals surface area contributed by atoms with E-state index in [2.05, 4.69) is 6.19 Å². The Morgan fingerprint density at radius 1 is 1.55 bits per heavy atom. The van der Waals surface area contributed by atoms with E-state index in [1.807, 2.05) is 0 Å². The molecule has 1 aliphatic rings. The van der Waals surface area contributed by atoms with Crippen molar-refractivity contribution in [3.05, 3.63) is 0 Å². The maximum atomic E-state index is 8.68. The minimum Gasteiger partial charge on any atom is -0.396 e. The maximum absolute atomic E-state index is 8.68. The topological polar surface area (TPSA) is 47.3 Å². The van der Waals surface area contributed by atoms with Gasteiger partial charge in [-0.2, -0.15) is 5.26 Å². The Kier molecular flexibility index (Phi) is 3.18. The van der Waals surface area contributed by atoms with Crippen molar-refractivity contribution in [2.45, 2.75) is 31.7 Å². The third-order valence-electron chi connectivity index (χ3n) is 2.20. The van der Waals surface area contributed by atoms with Gasteiger partial charge in [-0.05, 0) is 25.7 Å². The first kappa shape index (κ1) is 8.35. The molecule has 62 valence electrons. The van der Waals surface area contributed by atoms with E-state index in [0.29, 0.717) is 12.5 Å². The van der Waals surface area contributed by atoms with Gasteiger partial charge in [0.05, 0.1) is 0 Å². The second-order valence-electron chi connectivity index (χ2n) is 2.96. The Labute approximate surface area is 67.2 Å². The summed E-state index contributed by atoms with van der Waals surface area (Å²) in [7, 11) is 0. The fourth-order valence-electron chi connectivity index (χ4n) is 1.25. The summed E-state index contributed by atoms with van der Waals surface area (Å²) in [4.78, 5) is 1.79. The van der Waals surface area contributed by atoms with Gasteiger partial charge in [0.1, 0.15) is 0 Å². The third-order valence-corrected chi connectivity index (χ3v) is 2.20. The van der Waals surface area contributed by atoms with E-state index in [0.717, 1.165) is 19.4 Å². The van der Waals surface area contributed by atoms with Gasteiger partial charge in [0.15, 0.2) is 6.19 Å². The van der Waals surface area contributed by atoms with E-state index in [-0.39, 0.29) is 6.61 Å². The van der Waals surface area contributed by atoms with Gasteiger partial charge in [-0.3, -0.25) is 0 Å². The number of rotatable bonds is 4. The molecule has 0 spiro atoms. The molecule has 0 heterocycles. The average Bonchev–Trinajstić information content (AvgIpc) is 1.93. The molecule has 0 radical (unpaired) electrons. The maximum Gasteiger partial charge on any atom is 0.179 e. The molecule has 1 saturated carbocycles. The van der Waals surface area contributed by atoms with Crippen LogP contribution in [0.3, 0.4) is 0 Å². The molecule has 3 heteroatoms. The number of hydrogen-bond acceptors (Lipinski definition) is 3. The first-order chi connectivity index (χ1) is 5.38. The molecule has 0 atom stereocenters. The highest BCUT2D eigenvalue weighted by molar-refractivity contribution is 4.87. The van der Waals surface area contributed by atoms with Gasteiger partial charge in [0.2, 0.25) is 0 Å². The van der Waals surface area contributed by atoms with Gasteiger partial charge in [0.25, 0.3) is 0 Å². The van der Waals surface area contributed by atoms with Crippen LogP contribution >= 0.6 is 0 Å². The smallest absolute Gasteiger partial charge is 0.179 e. The molecule has 0 bridgehead atoms. The normalized spacial score (nSPS) is 17.1. The lowest BCUT2D eigenvalue weighted by atomic mass is 9.92. The zero-order valence-electron chi connectivity index (χ0n) is 6.66. The molecule has 11 heavy (non-hydrogen) atoms. The lowest BCUT2D eigenvalue weighted by Gasteiger charge is -2.33. The van der Waals surface area contributed by atoms with E-state index in [9.17, 15) is 0 Å². The van der Waals surface area contributed by atoms with Crippen LogP contribution < -0.4 is 0 Å². The van der Waals surface area contributed by atoms with Crippen molar-refractivity contribution < 1.29 is 5.11 Å². The van der Waals surface area contributed by atoms with Crippen LogP contribution in [0.25, 0.3) is 0 Å². The van der Waals surface area contributed by atoms with Crippen molar-refractivity contribution in [1.29, 1.82) is 5.26 Å². The lowest BCUT2D eigenvalue weighted by molar-refractivity contribution is 0.176. The summed E-state index contributed by atoms with van der Waals surface area (Å²) in [6.45, 7) is 0.905. The Hall–Kier alpha value is -0.750. The van der Waals surface area contributed by atoms with Gasteiger partial charge >= 0.3 is 0 Å². The summed E-state index contributed by atoms with van der Waals surface area (Å²) in [5.41, 5.74) is 0. The zero-order chi connectivity index (χ0) is 8.10. The minimum atomic E-state index is 0.185. The number of nitriles is 1. The molecule has 1 rings (SSSR count). The van der Waals surface area contributed by atoms with E-state index >= 15 is 0 Å². The van der Waals surface area contributed by atoms with Gasteiger partial charge in [0, 0.05) is 19.2 Å². The minimum absolute atomic E-state index is 0.185. The van der Waals surface area contributed by atoms with Crippen LogP contribution in [0, 0.1) is 11.5 Å². The fourth-order valence-corrected chi connectivity index (χ4v) is 1.25. The second kappa shape index (κ2) is 4.20. The van der Waals surface area contributed by atoms with Crippen molar-refractivity contribution in [1.82, 2.24) is 4.90 Å². The van der Waals surface area contributed by atoms with Crippen LogP contribution in [0.1, 0.15) is 25.7 Å². The second-order valence-corrected chi connectivity index (χ2v) is 2.96. The van der Waals surface area contributed by atoms with Crippen molar-refractivity contribution in [2.24, 2.45) is 0 Å². The van der Waals surface area contributed by atoms with Gasteiger partial charge in [-0.25, -0.2) is 0 Å². The molecular formula is C8H14N2O. The summed E-state index contributed by atoms with van der Waals surface area (Å²) in [6.07, 6.45) is 6.43. The predicted octanol–water partition coefficient (Wildman–Crippen LogP) is 0.704. The lowest BCUT2D eigenvalue weighted by Crippen LogP contribution is -2.37. The van der Waals surface area contributed by atoms with E-state index in [4.69, 9.17) is 10.4 Å². The number of aliphatic hydroxyl groups is 1. The first-order valence-electron chi connectivity index (χ1n) is 4.15. The molecule has 0 aromatic rings. The van der Waals surface area contributed by atoms with Crippen molar-refractivity contribution in [3.63, 3.8) is 0 Å². The molecule has 1 fully saturated rings. The van der Waals surface area contributed by atoms with Crippen LogP contribution in [0.4, 0.5) is 0 Å². The van der Waals surface area contributed by atoms with Crippen LogP contribution in [0.15, 0.2) is 0 Å². The first-order valence-corrected chi connectivity index (χ1v) is 4.15. The summed E-state index contributed by atoms with van der Waals surface area (Å²) in [5.74, 6) is 0. The summed E-state index contributed by atoms with van der Waals surface area (Å²) in [5, 5.41) is 17.2. The van der Waals surface area contributed by atoms with Gasteiger partial charge in [-0.15, -0.1) is 0 Å². The van der Waals surface area contributed by atoms with Gasteiger partial charge in [-0.1, -0.05) is 0 Å². The largest absolute Gasteiger partial charge is 0.396 e.